The molecule has 1 amide bonds. The highest BCUT2D eigenvalue weighted by Gasteiger charge is 2.34. The van der Waals surface area contributed by atoms with Gasteiger partial charge in [-0.3, -0.25) is 10.1 Å². The monoisotopic (exact) mass is 280 g/mol. The zero-order valence-electron chi connectivity index (χ0n) is 10.8. The molecule has 1 aromatic carbocycles. The zero-order chi connectivity index (χ0) is 14.5. The van der Waals surface area contributed by atoms with Crippen LogP contribution in [0.1, 0.15) is 24.6 Å². The second-order valence-electron chi connectivity index (χ2n) is 4.60. The number of aliphatic hydroxyl groups excluding tert-OH is 1. The van der Waals surface area contributed by atoms with Gasteiger partial charge in [-0.1, -0.05) is 18.2 Å². The molecule has 2 unspecified atom stereocenters. The van der Waals surface area contributed by atoms with Crippen LogP contribution in [-0.4, -0.2) is 40.2 Å². The summed E-state index contributed by atoms with van der Waals surface area (Å²) >= 11 is 0. The number of hydrogen-bond donors (Lipinski definition) is 1. The average molecular weight is 280 g/mol. The quantitative estimate of drug-likeness (QED) is 0.513. The number of likely N-dealkylation sites (tertiary alicyclic amines) is 1. The molecular weight excluding hydrogens is 264 g/mol. The van der Waals surface area contributed by atoms with Crippen LogP contribution in [0, 0.1) is 10.1 Å². The van der Waals surface area contributed by atoms with E-state index in [4.69, 9.17) is 9.84 Å². The Kier molecular flexibility index (Phi) is 4.52. The summed E-state index contributed by atoms with van der Waals surface area (Å²) in [6.07, 6.45) is -0.842. The molecule has 2 atom stereocenters. The Labute approximate surface area is 115 Å². The lowest BCUT2D eigenvalue weighted by Gasteiger charge is -2.23. The van der Waals surface area contributed by atoms with Crippen LogP contribution in [0.15, 0.2) is 30.3 Å². The van der Waals surface area contributed by atoms with Crippen LogP contribution in [0.4, 0.5) is 4.79 Å². The van der Waals surface area contributed by atoms with E-state index in [0.717, 1.165) is 6.42 Å². The van der Waals surface area contributed by atoms with Crippen molar-refractivity contribution in [2.75, 3.05) is 13.2 Å². The first-order valence-corrected chi connectivity index (χ1v) is 6.40. The van der Waals surface area contributed by atoms with Gasteiger partial charge in [-0.2, -0.15) is 0 Å². The molecule has 0 aliphatic carbocycles. The molecule has 0 bridgehead atoms. The van der Waals surface area contributed by atoms with Gasteiger partial charge >= 0.3 is 12.3 Å². The van der Waals surface area contributed by atoms with Gasteiger partial charge in [-0.05, 0) is 25.0 Å². The number of aliphatic hydroxyl groups is 1. The number of rotatable bonds is 4. The van der Waals surface area contributed by atoms with E-state index in [2.05, 4.69) is 0 Å². The van der Waals surface area contributed by atoms with Crippen molar-refractivity contribution in [2.24, 2.45) is 0 Å². The summed E-state index contributed by atoms with van der Waals surface area (Å²) in [4.78, 5) is 23.8. The van der Waals surface area contributed by atoms with Gasteiger partial charge in [0.1, 0.15) is 0 Å². The summed E-state index contributed by atoms with van der Waals surface area (Å²) in [5, 5.41) is 20.2. The maximum Gasteiger partial charge on any atom is 0.415 e. The normalized spacial score (nSPS) is 19.6. The smallest absolute Gasteiger partial charge is 0.394 e. The van der Waals surface area contributed by atoms with Crippen LogP contribution in [0.25, 0.3) is 0 Å². The molecule has 20 heavy (non-hydrogen) atoms. The first kappa shape index (κ1) is 14.3. The molecule has 7 nitrogen and oxygen atoms in total. The van der Waals surface area contributed by atoms with E-state index in [0.29, 0.717) is 18.5 Å². The van der Waals surface area contributed by atoms with Gasteiger partial charge in [0.15, 0.2) is 0 Å². The number of carbonyl (C=O) groups excluding carboxylic acids is 1. The number of nitro groups is 1. The Hall–Kier alpha value is -2.15. The van der Waals surface area contributed by atoms with Crippen LogP contribution < -0.4 is 0 Å². The Balaban J connectivity index is 2.09. The first-order chi connectivity index (χ1) is 9.63. The topological polar surface area (TPSA) is 92.9 Å². The molecule has 1 fully saturated rings. The van der Waals surface area contributed by atoms with E-state index in [9.17, 15) is 14.9 Å². The molecule has 0 aromatic heterocycles. The van der Waals surface area contributed by atoms with Gasteiger partial charge in [0.25, 0.3) is 0 Å². The van der Waals surface area contributed by atoms with E-state index in [-0.39, 0.29) is 12.6 Å². The molecular formula is C13H16N2O5. The van der Waals surface area contributed by atoms with Crippen LogP contribution in [0.2, 0.25) is 0 Å². The molecule has 7 heteroatoms. The SMILES string of the molecule is O=C(OC(c1ccccc1)[N+](=O)[O-])N1CCCC1CO. The molecule has 0 saturated carbocycles. The maximum atomic E-state index is 12.0. The standard InChI is InChI=1S/C13H16N2O5/c16-9-11-7-4-8-14(11)13(17)20-12(15(18)19)10-5-2-1-3-6-10/h1-3,5-6,11-12,16H,4,7-9H2. The summed E-state index contributed by atoms with van der Waals surface area (Å²) in [7, 11) is 0. The fourth-order valence-electron chi connectivity index (χ4n) is 2.28. The Morgan fingerprint density at radius 2 is 2.20 bits per heavy atom. The van der Waals surface area contributed by atoms with Crippen molar-refractivity contribution in [2.45, 2.75) is 25.1 Å². The predicted octanol–water partition coefficient (Wildman–Crippen LogP) is 1.56. The van der Waals surface area contributed by atoms with Gasteiger partial charge in [0.05, 0.1) is 23.1 Å². The predicted molar refractivity (Wildman–Crippen MR) is 69.5 cm³/mol. The lowest BCUT2D eigenvalue weighted by Crippen LogP contribution is -2.39. The minimum atomic E-state index is -1.52. The van der Waals surface area contributed by atoms with Crippen molar-refractivity contribution in [1.82, 2.24) is 4.90 Å². The maximum absolute atomic E-state index is 12.0. The van der Waals surface area contributed by atoms with Crippen molar-refractivity contribution < 1.29 is 19.6 Å². The van der Waals surface area contributed by atoms with Crippen molar-refractivity contribution >= 4 is 6.09 Å². The van der Waals surface area contributed by atoms with Crippen molar-refractivity contribution in [1.29, 1.82) is 0 Å². The fraction of sp³-hybridized carbons (Fsp3) is 0.462. The summed E-state index contributed by atoms with van der Waals surface area (Å²) in [6, 6.07) is 7.77. The molecule has 1 N–H and O–H groups in total. The third kappa shape index (κ3) is 3.05. The second-order valence-corrected chi connectivity index (χ2v) is 4.60. The summed E-state index contributed by atoms with van der Waals surface area (Å²) in [5.41, 5.74) is 0.311. The summed E-state index contributed by atoms with van der Waals surface area (Å²) in [5.74, 6) is 0. The number of ether oxygens (including phenoxy) is 1. The molecule has 1 aliphatic heterocycles. The molecule has 1 heterocycles. The van der Waals surface area contributed by atoms with E-state index >= 15 is 0 Å². The zero-order valence-corrected chi connectivity index (χ0v) is 10.8. The highest BCUT2D eigenvalue weighted by Crippen LogP contribution is 2.23. The fourth-order valence-corrected chi connectivity index (χ4v) is 2.28. The average Bonchev–Trinajstić information content (AvgIpc) is 2.93. The molecule has 2 rings (SSSR count). The van der Waals surface area contributed by atoms with Gasteiger partial charge < -0.3 is 14.7 Å². The summed E-state index contributed by atoms with van der Waals surface area (Å²) < 4.78 is 4.99. The molecule has 1 aliphatic rings. The number of nitrogens with zero attached hydrogens (tertiary/aromatic N) is 2. The van der Waals surface area contributed by atoms with Crippen molar-refractivity contribution in [3.63, 3.8) is 0 Å². The molecule has 1 aromatic rings. The third-order valence-corrected chi connectivity index (χ3v) is 3.31. The minimum Gasteiger partial charge on any atom is -0.394 e. The van der Waals surface area contributed by atoms with Gasteiger partial charge in [0, 0.05) is 6.54 Å². The highest BCUT2D eigenvalue weighted by atomic mass is 16.7. The Bertz CT molecular complexity index is 479. The van der Waals surface area contributed by atoms with E-state index in [1.165, 1.54) is 17.0 Å². The Morgan fingerprint density at radius 1 is 1.50 bits per heavy atom. The number of carbonyl (C=O) groups is 1. The van der Waals surface area contributed by atoms with Gasteiger partial charge in [-0.15, -0.1) is 0 Å². The number of hydrogen-bond acceptors (Lipinski definition) is 5. The summed E-state index contributed by atoms with van der Waals surface area (Å²) in [6.45, 7) is 0.285. The van der Waals surface area contributed by atoms with E-state index in [1.54, 1.807) is 18.2 Å². The van der Waals surface area contributed by atoms with Crippen LogP contribution >= 0.6 is 0 Å². The Morgan fingerprint density at radius 3 is 2.80 bits per heavy atom. The lowest BCUT2D eigenvalue weighted by atomic mass is 10.2. The lowest BCUT2D eigenvalue weighted by molar-refractivity contribution is -0.575. The van der Waals surface area contributed by atoms with Crippen LogP contribution in [-0.2, 0) is 4.74 Å². The molecule has 1 saturated heterocycles. The van der Waals surface area contributed by atoms with Crippen LogP contribution in [0.5, 0.6) is 0 Å². The van der Waals surface area contributed by atoms with Crippen LogP contribution in [0.3, 0.4) is 0 Å². The van der Waals surface area contributed by atoms with E-state index in [1.807, 2.05) is 0 Å². The minimum absolute atomic E-state index is 0.163. The van der Waals surface area contributed by atoms with Crippen molar-refractivity contribution in [3.05, 3.63) is 46.0 Å². The highest BCUT2D eigenvalue weighted by molar-refractivity contribution is 5.68. The largest absolute Gasteiger partial charge is 0.415 e. The first-order valence-electron chi connectivity index (χ1n) is 6.40. The van der Waals surface area contributed by atoms with Crippen molar-refractivity contribution in [3.8, 4) is 0 Å². The molecule has 0 radical (unpaired) electrons. The van der Waals surface area contributed by atoms with Gasteiger partial charge in [0.2, 0.25) is 0 Å². The van der Waals surface area contributed by atoms with E-state index < -0.39 is 17.2 Å². The third-order valence-electron chi connectivity index (χ3n) is 3.31. The molecule has 108 valence electrons. The number of benzene rings is 1. The molecule has 0 spiro atoms. The number of amides is 1. The second kappa shape index (κ2) is 6.33. The van der Waals surface area contributed by atoms with Gasteiger partial charge in [-0.25, -0.2) is 4.79 Å².